The molecule has 3 aromatic carbocycles. The Hall–Kier alpha value is -2.71. The summed E-state index contributed by atoms with van der Waals surface area (Å²) in [6, 6.07) is 26.6. The molecule has 4 rings (SSSR count). The SMILES string of the molecule is Clc1nc(-c2ccc(-c3ccccc3)cc2)c2ccccc2n1. The lowest BCUT2D eigenvalue weighted by Gasteiger charge is -2.07. The van der Waals surface area contributed by atoms with Crippen LogP contribution in [-0.4, -0.2) is 9.97 Å². The second-order valence-electron chi connectivity index (χ2n) is 5.30. The highest BCUT2D eigenvalue weighted by molar-refractivity contribution is 6.28. The minimum absolute atomic E-state index is 0.269. The maximum Gasteiger partial charge on any atom is 0.223 e. The third-order valence-corrected chi connectivity index (χ3v) is 4.01. The Labute approximate surface area is 139 Å². The van der Waals surface area contributed by atoms with Crippen molar-refractivity contribution in [1.82, 2.24) is 9.97 Å². The molecule has 0 aliphatic rings. The van der Waals surface area contributed by atoms with Gasteiger partial charge in [0.25, 0.3) is 0 Å². The first-order chi connectivity index (χ1) is 11.3. The standard InChI is InChI=1S/C20H13ClN2/c21-20-22-18-9-5-4-8-17(18)19(23-20)16-12-10-15(11-13-16)14-6-2-1-3-7-14/h1-13H. The average molecular weight is 317 g/mol. The fourth-order valence-corrected chi connectivity index (χ4v) is 2.90. The van der Waals surface area contributed by atoms with Crippen molar-refractivity contribution in [3.8, 4) is 22.4 Å². The van der Waals surface area contributed by atoms with Crippen molar-refractivity contribution in [1.29, 1.82) is 0 Å². The van der Waals surface area contributed by atoms with Gasteiger partial charge in [-0.1, -0.05) is 72.8 Å². The van der Waals surface area contributed by atoms with Gasteiger partial charge in [-0.05, 0) is 28.8 Å². The molecule has 0 amide bonds. The van der Waals surface area contributed by atoms with E-state index in [0.717, 1.165) is 22.2 Å². The lowest BCUT2D eigenvalue weighted by molar-refractivity contribution is 1.22. The maximum absolute atomic E-state index is 6.08. The molecule has 0 aliphatic carbocycles. The van der Waals surface area contributed by atoms with Crippen LogP contribution in [0.2, 0.25) is 5.28 Å². The molecule has 1 aromatic heterocycles. The molecule has 0 atom stereocenters. The molecule has 23 heavy (non-hydrogen) atoms. The minimum Gasteiger partial charge on any atom is -0.218 e. The summed E-state index contributed by atoms with van der Waals surface area (Å²) in [6.45, 7) is 0. The predicted molar refractivity (Wildman–Crippen MR) is 95.4 cm³/mol. The highest BCUT2D eigenvalue weighted by atomic mass is 35.5. The van der Waals surface area contributed by atoms with E-state index in [4.69, 9.17) is 11.6 Å². The number of hydrogen-bond donors (Lipinski definition) is 0. The first kappa shape index (κ1) is 13.9. The van der Waals surface area contributed by atoms with Gasteiger partial charge in [0.2, 0.25) is 5.28 Å². The zero-order chi connectivity index (χ0) is 15.6. The normalized spacial score (nSPS) is 10.8. The van der Waals surface area contributed by atoms with Gasteiger partial charge in [-0.2, -0.15) is 0 Å². The number of nitrogens with zero attached hydrogens (tertiary/aromatic N) is 2. The number of halogens is 1. The van der Waals surface area contributed by atoms with Crippen molar-refractivity contribution >= 4 is 22.5 Å². The summed E-state index contributed by atoms with van der Waals surface area (Å²) in [4.78, 5) is 8.71. The average Bonchev–Trinajstić information content (AvgIpc) is 2.62. The number of benzene rings is 3. The zero-order valence-electron chi connectivity index (χ0n) is 12.3. The summed E-state index contributed by atoms with van der Waals surface area (Å²) >= 11 is 6.08. The smallest absolute Gasteiger partial charge is 0.218 e. The summed E-state index contributed by atoms with van der Waals surface area (Å²) in [5, 5.41) is 1.27. The second-order valence-corrected chi connectivity index (χ2v) is 5.64. The van der Waals surface area contributed by atoms with Gasteiger partial charge in [0, 0.05) is 10.9 Å². The van der Waals surface area contributed by atoms with Crippen LogP contribution in [0.15, 0.2) is 78.9 Å². The van der Waals surface area contributed by atoms with Gasteiger partial charge >= 0.3 is 0 Å². The summed E-state index contributed by atoms with van der Waals surface area (Å²) in [7, 11) is 0. The Kier molecular flexibility index (Phi) is 3.52. The highest BCUT2D eigenvalue weighted by Gasteiger charge is 2.08. The van der Waals surface area contributed by atoms with Crippen LogP contribution >= 0.6 is 11.6 Å². The van der Waals surface area contributed by atoms with E-state index in [2.05, 4.69) is 46.4 Å². The van der Waals surface area contributed by atoms with Gasteiger partial charge in [-0.25, -0.2) is 9.97 Å². The molecule has 0 fully saturated rings. The second kappa shape index (κ2) is 5.82. The van der Waals surface area contributed by atoms with E-state index in [-0.39, 0.29) is 5.28 Å². The van der Waals surface area contributed by atoms with Crippen molar-refractivity contribution in [2.45, 2.75) is 0 Å². The monoisotopic (exact) mass is 316 g/mol. The summed E-state index contributed by atoms with van der Waals surface area (Å²) in [6.07, 6.45) is 0. The molecule has 0 saturated heterocycles. The number of aromatic nitrogens is 2. The number of hydrogen-bond acceptors (Lipinski definition) is 2. The molecule has 110 valence electrons. The van der Waals surface area contributed by atoms with Crippen molar-refractivity contribution in [3.63, 3.8) is 0 Å². The van der Waals surface area contributed by atoms with Crippen LogP contribution in [0.3, 0.4) is 0 Å². The van der Waals surface area contributed by atoms with Gasteiger partial charge in [-0.15, -0.1) is 0 Å². The molecule has 3 heteroatoms. The predicted octanol–water partition coefficient (Wildman–Crippen LogP) is 5.62. The molecule has 0 radical (unpaired) electrons. The summed E-state index contributed by atoms with van der Waals surface area (Å²) in [5.74, 6) is 0. The quantitative estimate of drug-likeness (QED) is 0.449. The number of rotatable bonds is 2. The van der Waals surface area contributed by atoms with Crippen molar-refractivity contribution in [2.75, 3.05) is 0 Å². The van der Waals surface area contributed by atoms with Crippen molar-refractivity contribution in [2.24, 2.45) is 0 Å². The Morgan fingerprint density at radius 3 is 1.96 bits per heavy atom. The molecule has 2 nitrogen and oxygen atoms in total. The molecular formula is C20H13ClN2. The van der Waals surface area contributed by atoms with E-state index in [1.165, 1.54) is 11.1 Å². The van der Waals surface area contributed by atoms with Gasteiger partial charge in [0.15, 0.2) is 0 Å². The van der Waals surface area contributed by atoms with Gasteiger partial charge < -0.3 is 0 Å². The van der Waals surface area contributed by atoms with E-state index in [1.54, 1.807) is 0 Å². The molecule has 0 saturated carbocycles. The van der Waals surface area contributed by atoms with E-state index >= 15 is 0 Å². The van der Waals surface area contributed by atoms with Crippen LogP contribution in [0.5, 0.6) is 0 Å². The fourth-order valence-electron chi connectivity index (χ4n) is 2.72. The highest BCUT2D eigenvalue weighted by Crippen LogP contribution is 2.29. The van der Waals surface area contributed by atoms with Gasteiger partial charge in [0.05, 0.1) is 11.2 Å². The maximum atomic E-state index is 6.08. The summed E-state index contributed by atoms with van der Waals surface area (Å²) in [5.41, 5.74) is 5.13. The van der Waals surface area contributed by atoms with Crippen LogP contribution in [0.4, 0.5) is 0 Å². The van der Waals surface area contributed by atoms with Crippen molar-refractivity contribution < 1.29 is 0 Å². The molecule has 0 N–H and O–H groups in total. The van der Waals surface area contributed by atoms with Crippen molar-refractivity contribution in [3.05, 3.63) is 84.1 Å². The van der Waals surface area contributed by atoms with Gasteiger partial charge in [-0.3, -0.25) is 0 Å². The molecule has 1 heterocycles. The lowest BCUT2D eigenvalue weighted by Crippen LogP contribution is -1.91. The third-order valence-electron chi connectivity index (χ3n) is 3.84. The van der Waals surface area contributed by atoms with Crippen LogP contribution in [-0.2, 0) is 0 Å². The molecule has 0 bridgehead atoms. The van der Waals surface area contributed by atoms with E-state index in [9.17, 15) is 0 Å². The van der Waals surface area contributed by atoms with Crippen LogP contribution in [0, 0.1) is 0 Å². The third kappa shape index (κ3) is 2.69. The topological polar surface area (TPSA) is 25.8 Å². The molecule has 4 aromatic rings. The summed E-state index contributed by atoms with van der Waals surface area (Å²) < 4.78 is 0. The van der Waals surface area contributed by atoms with Gasteiger partial charge in [0.1, 0.15) is 0 Å². The fraction of sp³-hybridized carbons (Fsp3) is 0. The van der Waals surface area contributed by atoms with Crippen LogP contribution in [0.25, 0.3) is 33.3 Å². The molecule has 0 aliphatic heterocycles. The van der Waals surface area contributed by atoms with E-state index in [1.807, 2.05) is 42.5 Å². The van der Waals surface area contributed by atoms with Crippen LogP contribution < -0.4 is 0 Å². The molecule has 0 unspecified atom stereocenters. The Morgan fingerprint density at radius 1 is 0.565 bits per heavy atom. The first-order valence-electron chi connectivity index (χ1n) is 7.39. The Balaban J connectivity index is 1.83. The largest absolute Gasteiger partial charge is 0.223 e. The van der Waals surface area contributed by atoms with Crippen LogP contribution in [0.1, 0.15) is 0 Å². The first-order valence-corrected chi connectivity index (χ1v) is 7.77. The zero-order valence-corrected chi connectivity index (χ0v) is 13.0. The van der Waals surface area contributed by atoms with E-state index in [0.29, 0.717) is 0 Å². The number of fused-ring (bicyclic) bond motifs is 1. The Morgan fingerprint density at radius 2 is 1.17 bits per heavy atom. The number of para-hydroxylation sites is 1. The minimum atomic E-state index is 0.269. The Bertz CT molecular complexity index is 964. The van der Waals surface area contributed by atoms with E-state index < -0.39 is 0 Å². The molecular weight excluding hydrogens is 304 g/mol. The molecule has 0 spiro atoms. The lowest BCUT2D eigenvalue weighted by atomic mass is 10.0.